The lowest BCUT2D eigenvalue weighted by Gasteiger charge is -2.10. The molecule has 1 rings (SSSR count). The number of aromatic nitrogens is 1. The Labute approximate surface area is 74.7 Å². The summed E-state index contributed by atoms with van der Waals surface area (Å²) in [6.45, 7) is 0. The van der Waals surface area contributed by atoms with E-state index in [1.54, 1.807) is 0 Å². The lowest BCUT2D eigenvalue weighted by atomic mass is 10.1. The molecule has 0 bridgehead atoms. The molecule has 0 aliphatic rings. The monoisotopic (exact) mass is 180 g/mol. The van der Waals surface area contributed by atoms with E-state index in [4.69, 9.17) is 10.4 Å². The Balaban J connectivity index is 2.90. The van der Waals surface area contributed by atoms with Gasteiger partial charge < -0.3 is 15.4 Å². The van der Waals surface area contributed by atoms with Gasteiger partial charge in [0, 0.05) is 11.6 Å². The molecule has 2 atom stereocenters. The molecule has 0 aromatic carbocycles. The van der Waals surface area contributed by atoms with Crippen LogP contribution in [0.5, 0.6) is 0 Å². The lowest BCUT2D eigenvalue weighted by Crippen LogP contribution is -2.27. The minimum absolute atomic E-state index is 0.214. The molecule has 2 N–H and O–H groups in total. The smallest absolute Gasteiger partial charge is 0.186 e. The fourth-order valence-corrected chi connectivity index (χ4v) is 0.900. The van der Waals surface area contributed by atoms with Crippen LogP contribution < -0.4 is 4.73 Å². The normalized spacial score (nSPS) is 14.5. The summed E-state index contributed by atoms with van der Waals surface area (Å²) >= 11 is 0. The van der Waals surface area contributed by atoms with Crippen LogP contribution >= 0.6 is 0 Å². The van der Waals surface area contributed by atoms with Crippen LogP contribution in [0.1, 0.15) is 11.7 Å². The van der Waals surface area contributed by atoms with Gasteiger partial charge in [-0.15, -0.1) is 0 Å². The Morgan fingerprint density at radius 2 is 2.23 bits per heavy atom. The zero-order chi connectivity index (χ0) is 9.84. The van der Waals surface area contributed by atoms with Crippen molar-refractivity contribution in [3.8, 4) is 6.07 Å². The number of pyridine rings is 1. The molecule has 1 aromatic rings. The van der Waals surface area contributed by atoms with Gasteiger partial charge in [-0.3, -0.25) is 0 Å². The van der Waals surface area contributed by atoms with Crippen LogP contribution in [-0.4, -0.2) is 16.3 Å². The highest BCUT2D eigenvalue weighted by Crippen LogP contribution is 2.13. The van der Waals surface area contributed by atoms with Crippen molar-refractivity contribution in [3.63, 3.8) is 0 Å². The predicted octanol–water partition coefficient (Wildman–Crippen LogP) is -0.762. The van der Waals surface area contributed by atoms with Crippen molar-refractivity contribution >= 4 is 0 Å². The maximum Gasteiger partial charge on any atom is 0.186 e. The van der Waals surface area contributed by atoms with Crippen LogP contribution in [0.3, 0.4) is 0 Å². The highest BCUT2D eigenvalue weighted by molar-refractivity contribution is 5.13. The number of nitrogens with zero attached hydrogens (tertiary/aromatic N) is 2. The number of hydrogen-bond acceptors (Lipinski definition) is 4. The largest absolute Gasteiger partial charge is 0.619 e. The minimum Gasteiger partial charge on any atom is -0.619 e. The van der Waals surface area contributed by atoms with E-state index in [1.165, 1.54) is 24.4 Å². The van der Waals surface area contributed by atoms with Crippen LogP contribution in [0.4, 0.5) is 0 Å². The van der Waals surface area contributed by atoms with Gasteiger partial charge in [-0.1, -0.05) is 0 Å². The van der Waals surface area contributed by atoms with Gasteiger partial charge in [0.25, 0.3) is 0 Å². The van der Waals surface area contributed by atoms with Crippen molar-refractivity contribution in [2.75, 3.05) is 0 Å². The Hall–Kier alpha value is -1.64. The molecule has 0 radical (unpaired) electrons. The van der Waals surface area contributed by atoms with Gasteiger partial charge in [0.15, 0.2) is 18.5 Å². The van der Waals surface area contributed by atoms with Gasteiger partial charge in [0.05, 0.1) is 6.07 Å². The molecular weight excluding hydrogens is 172 g/mol. The van der Waals surface area contributed by atoms with Crippen molar-refractivity contribution in [1.82, 2.24) is 0 Å². The summed E-state index contributed by atoms with van der Waals surface area (Å²) in [5, 5.41) is 37.3. The minimum atomic E-state index is -1.51. The molecule has 0 saturated heterocycles. The van der Waals surface area contributed by atoms with Gasteiger partial charge in [0.1, 0.15) is 6.10 Å². The number of nitriles is 1. The zero-order valence-corrected chi connectivity index (χ0v) is 6.66. The zero-order valence-electron chi connectivity index (χ0n) is 6.66. The first-order chi connectivity index (χ1) is 6.15. The molecule has 0 spiro atoms. The summed E-state index contributed by atoms with van der Waals surface area (Å²) in [4.78, 5) is 0. The first kappa shape index (κ1) is 9.45. The average Bonchev–Trinajstić information content (AvgIpc) is 2.15. The van der Waals surface area contributed by atoms with Crippen molar-refractivity contribution in [3.05, 3.63) is 35.3 Å². The van der Waals surface area contributed by atoms with E-state index in [9.17, 15) is 10.3 Å². The molecule has 1 aromatic heterocycles. The summed E-state index contributed by atoms with van der Waals surface area (Å²) < 4.78 is 0.489. The number of aliphatic hydroxyl groups is 2. The maximum atomic E-state index is 10.7. The first-order valence-corrected chi connectivity index (χ1v) is 3.59. The van der Waals surface area contributed by atoms with E-state index in [0.29, 0.717) is 4.73 Å². The predicted molar refractivity (Wildman–Crippen MR) is 42.0 cm³/mol. The Morgan fingerprint density at radius 1 is 1.54 bits per heavy atom. The molecule has 2 unspecified atom stereocenters. The molecule has 0 fully saturated rings. The van der Waals surface area contributed by atoms with Crippen molar-refractivity contribution in [2.45, 2.75) is 12.2 Å². The molecule has 13 heavy (non-hydrogen) atoms. The fourth-order valence-electron chi connectivity index (χ4n) is 0.900. The molecule has 0 aliphatic carbocycles. The van der Waals surface area contributed by atoms with E-state index in [1.807, 2.05) is 0 Å². The Morgan fingerprint density at radius 3 is 2.77 bits per heavy atom. The van der Waals surface area contributed by atoms with E-state index in [0.717, 1.165) is 6.20 Å². The second-order valence-corrected chi connectivity index (χ2v) is 2.52. The summed E-state index contributed by atoms with van der Waals surface area (Å²) in [5.41, 5.74) is 0.214. The van der Waals surface area contributed by atoms with Crippen LogP contribution in [0.15, 0.2) is 24.5 Å². The van der Waals surface area contributed by atoms with E-state index in [2.05, 4.69) is 0 Å². The van der Waals surface area contributed by atoms with Gasteiger partial charge in [-0.05, 0) is 6.07 Å². The number of hydrogen-bond donors (Lipinski definition) is 2. The first-order valence-electron chi connectivity index (χ1n) is 3.59. The molecule has 0 amide bonds. The molecule has 5 nitrogen and oxygen atoms in total. The third kappa shape index (κ3) is 2.15. The van der Waals surface area contributed by atoms with Crippen LogP contribution in [0, 0.1) is 16.5 Å². The van der Waals surface area contributed by atoms with Crippen molar-refractivity contribution in [2.24, 2.45) is 0 Å². The van der Waals surface area contributed by atoms with E-state index < -0.39 is 12.2 Å². The van der Waals surface area contributed by atoms with Gasteiger partial charge in [-0.2, -0.15) is 9.99 Å². The molecule has 68 valence electrons. The quantitative estimate of drug-likeness (QED) is 0.355. The Bertz CT molecular complexity index is 334. The topological polar surface area (TPSA) is 91.2 Å². The highest BCUT2D eigenvalue weighted by atomic mass is 16.5. The summed E-state index contributed by atoms with van der Waals surface area (Å²) in [6, 6.07) is 4.36. The summed E-state index contributed by atoms with van der Waals surface area (Å²) in [7, 11) is 0. The van der Waals surface area contributed by atoms with Gasteiger partial charge in [0.2, 0.25) is 0 Å². The van der Waals surface area contributed by atoms with Crippen molar-refractivity contribution in [1.29, 1.82) is 5.26 Å². The number of rotatable bonds is 2. The van der Waals surface area contributed by atoms with Crippen LogP contribution in [-0.2, 0) is 0 Å². The highest BCUT2D eigenvalue weighted by Gasteiger charge is 2.19. The van der Waals surface area contributed by atoms with Crippen LogP contribution in [0.25, 0.3) is 0 Å². The van der Waals surface area contributed by atoms with E-state index >= 15 is 0 Å². The third-order valence-electron chi connectivity index (χ3n) is 1.57. The SMILES string of the molecule is N#CC(O)C(O)c1ccc[n+]([O-])c1. The molecule has 0 saturated carbocycles. The molecule has 1 heterocycles. The fraction of sp³-hybridized carbons (Fsp3) is 0.250. The standard InChI is InChI=1S/C8H8N2O3/c9-4-7(11)8(12)6-2-1-3-10(13)5-6/h1-3,5,7-8,11-12H. The second-order valence-electron chi connectivity index (χ2n) is 2.52. The molecule has 5 heteroatoms. The maximum absolute atomic E-state index is 10.7. The average molecular weight is 180 g/mol. The summed E-state index contributed by atoms with van der Waals surface area (Å²) in [5.74, 6) is 0. The summed E-state index contributed by atoms with van der Waals surface area (Å²) in [6.07, 6.45) is -0.506. The molecule has 0 aliphatic heterocycles. The third-order valence-corrected chi connectivity index (χ3v) is 1.57. The lowest BCUT2D eigenvalue weighted by molar-refractivity contribution is -0.606. The van der Waals surface area contributed by atoms with Gasteiger partial charge >= 0.3 is 0 Å². The van der Waals surface area contributed by atoms with E-state index in [-0.39, 0.29) is 5.56 Å². The Kier molecular flexibility index (Phi) is 2.80. The van der Waals surface area contributed by atoms with Gasteiger partial charge in [-0.25, -0.2) is 0 Å². The van der Waals surface area contributed by atoms with Crippen molar-refractivity contribution < 1.29 is 14.9 Å². The van der Waals surface area contributed by atoms with Crippen LogP contribution in [0.2, 0.25) is 0 Å². The number of aliphatic hydroxyl groups excluding tert-OH is 2. The molecular formula is C8H8N2O3. The second kappa shape index (κ2) is 3.85.